The molecule has 2 heteroatoms. The summed E-state index contributed by atoms with van der Waals surface area (Å²) in [5, 5.41) is 7.83. The van der Waals surface area contributed by atoms with Crippen molar-refractivity contribution in [3.63, 3.8) is 0 Å². The normalized spacial score (nSPS) is 9.33. The van der Waals surface area contributed by atoms with Gasteiger partial charge < -0.3 is 0 Å². The maximum Gasteiger partial charge on any atom is 0.0703 e. The molecule has 0 unspecified atom stereocenters. The molecule has 0 aliphatic rings. The van der Waals surface area contributed by atoms with Crippen molar-refractivity contribution in [3.05, 3.63) is 48.8 Å². The molecule has 0 bridgehead atoms. The Kier molecular flexibility index (Phi) is 3.20. The Hall–Kier alpha value is -1.44. The third kappa shape index (κ3) is 2.02. The molecular weight excluding hydrogens is 148 g/mol. The Morgan fingerprint density at radius 2 is 2.00 bits per heavy atom. The molecule has 0 amide bonds. The predicted octanol–water partition coefficient (Wildman–Crippen LogP) is 1.93. The van der Waals surface area contributed by atoms with Crippen molar-refractivity contribution in [2.75, 3.05) is 0 Å². The highest BCUT2D eigenvalue weighted by molar-refractivity contribution is 5.21. The lowest BCUT2D eigenvalue weighted by atomic mass is 10.1. The lowest BCUT2D eigenvalue weighted by molar-refractivity contribution is 0.917. The number of hydrogen-bond acceptors (Lipinski definition) is 2. The van der Waals surface area contributed by atoms with Gasteiger partial charge in [0.25, 0.3) is 0 Å². The number of nitrogens with zero attached hydrogens (tertiary/aromatic N) is 2. The highest BCUT2D eigenvalue weighted by Gasteiger charge is 1.99. The molecular formula is C10H12N2. The van der Waals surface area contributed by atoms with Crippen LogP contribution in [0.3, 0.4) is 0 Å². The van der Waals surface area contributed by atoms with Gasteiger partial charge in [-0.05, 0) is 18.1 Å². The van der Waals surface area contributed by atoms with Gasteiger partial charge in [-0.3, -0.25) is 0 Å². The van der Waals surface area contributed by atoms with E-state index in [1.54, 1.807) is 6.20 Å². The fourth-order valence-electron chi connectivity index (χ4n) is 1.04. The van der Waals surface area contributed by atoms with Crippen LogP contribution in [0.5, 0.6) is 0 Å². The summed E-state index contributed by atoms with van der Waals surface area (Å²) < 4.78 is 0. The fourth-order valence-corrected chi connectivity index (χ4v) is 1.04. The first kappa shape index (κ1) is 8.65. The molecule has 62 valence electrons. The summed E-state index contributed by atoms with van der Waals surface area (Å²) in [5.74, 6) is 0. The highest BCUT2D eigenvalue weighted by Crippen LogP contribution is 2.06. The van der Waals surface area contributed by atoms with Crippen LogP contribution in [0.4, 0.5) is 0 Å². The van der Waals surface area contributed by atoms with E-state index in [1.807, 2.05) is 18.2 Å². The van der Waals surface area contributed by atoms with E-state index in [2.05, 4.69) is 23.4 Å². The van der Waals surface area contributed by atoms with Crippen molar-refractivity contribution < 1.29 is 0 Å². The Morgan fingerprint density at radius 1 is 1.25 bits per heavy atom. The van der Waals surface area contributed by atoms with Gasteiger partial charge in [0.15, 0.2) is 0 Å². The molecule has 0 N–H and O–H groups in total. The van der Waals surface area contributed by atoms with E-state index in [1.165, 1.54) is 5.56 Å². The van der Waals surface area contributed by atoms with Gasteiger partial charge in [-0.2, -0.15) is 10.2 Å². The zero-order chi connectivity index (χ0) is 8.81. The first-order valence-electron chi connectivity index (χ1n) is 3.89. The molecule has 1 heterocycles. The van der Waals surface area contributed by atoms with Crippen LogP contribution in [-0.2, 0) is 12.8 Å². The van der Waals surface area contributed by atoms with Crippen molar-refractivity contribution >= 4 is 0 Å². The third-order valence-corrected chi connectivity index (χ3v) is 1.59. The van der Waals surface area contributed by atoms with Gasteiger partial charge in [0, 0.05) is 12.6 Å². The minimum Gasteiger partial charge on any atom is -0.159 e. The predicted molar refractivity (Wildman–Crippen MR) is 49.8 cm³/mol. The van der Waals surface area contributed by atoms with Gasteiger partial charge in [0.2, 0.25) is 0 Å². The lowest BCUT2D eigenvalue weighted by Gasteiger charge is -2.01. The molecule has 2 nitrogen and oxygen atoms in total. The lowest BCUT2D eigenvalue weighted by Crippen LogP contribution is -1.97. The second-order valence-corrected chi connectivity index (χ2v) is 2.49. The molecule has 1 aromatic heterocycles. The van der Waals surface area contributed by atoms with E-state index < -0.39 is 0 Å². The second-order valence-electron chi connectivity index (χ2n) is 2.49. The summed E-state index contributed by atoms with van der Waals surface area (Å²) in [7, 11) is 0. The molecule has 1 aromatic rings. The van der Waals surface area contributed by atoms with Crippen LogP contribution in [0, 0.1) is 0 Å². The highest BCUT2D eigenvalue weighted by atomic mass is 15.1. The number of hydrogen-bond donors (Lipinski definition) is 0. The summed E-state index contributed by atoms with van der Waals surface area (Å²) in [6.45, 7) is 7.35. The molecule has 12 heavy (non-hydrogen) atoms. The van der Waals surface area contributed by atoms with E-state index in [0.29, 0.717) is 0 Å². The molecule has 0 aromatic carbocycles. The quantitative estimate of drug-likeness (QED) is 0.629. The van der Waals surface area contributed by atoms with E-state index in [9.17, 15) is 0 Å². The summed E-state index contributed by atoms with van der Waals surface area (Å²) in [4.78, 5) is 0. The minimum atomic E-state index is 0.775. The molecule has 0 saturated carbocycles. The second kappa shape index (κ2) is 4.44. The van der Waals surface area contributed by atoms with Gasteiger partial charge in [-0.25, -0.2) is 0 Å². The van der Waals surface area contributed by atoms with Crippen LogP contribution in [0.2, 0.25) is 0 Å². The Morgan fingerprint density at radius 3 is 2.67 bits per heavy atom. The minimum absolute atomic E-state index is 0.775. The zero-order valence-electron chi connectivity index (χ0n) is 7.03. The monoisotopic (exact) mass is 160 g/mol. The molecule has 1 rings (SSSR count). The Labute approximate surface area is 72.6 Å². The van der Waals surface area contributed by atoms with Crippen LogP contribution in [0.15, 0.2) is 37.6 Å². The summed E-state index contributed by atoms with van der Waals surface area (Å²) >= 11 is 0. The molecule has 0 aliphatic heterocycles. The third-order valence-electron chi connectivity index (χ3n) is 1.59. The molecule has 0 saturated heterocycles. The maximum absolute atomic E-state index is 4.02. The van der Waals surface area contributed by atoms with E-state index in [-0.39, 0.29) is 0 Å². The summed E-state index contributed by atoms with van der Waals surface area (Å²) in [6.07, 6.45) is 7.02. The van der Waals surface area contributed by atoms with E-state index in [0.717, 1.165) is 18.5 Å². The van der Waals surface area contributed by atoms with Gasteiger partial charge in [-0.1, -0.05) is 12.2 Å². The Balaban J connectivity index is 2.90. The average Bonchev–Trinajstić information content (AvgIpc) is 2.09. The van der Waals surface area contributed by atoms with Crippen molar-refractivity contribution in [3.8, 4) is 0 Å². The van der Waals surface area contributed by atoms with Crippen LogP contribution in [0.25, 0.3) is 0 Å². The van der Waals surface area contributed by atoms with Gasteiger partial charge >= 0.3 is 0 Å². The average molecular weight is 160 g/mol. The Bertz CT molecular complexity index is 250. The SMILES string of the molecule is C=CCc1ccnnc1CC=C. The fraction of sp³-hybridized carbons (Fsp3) is 0.200. The topological polar surface area (TPSA) is 25.8 Å². The van der Waals surface area contributed by atoms with Crippen molar-refractivity contribution in [1.82, 2.24) is 10.2 Å². The number of rotatable bonds is 4. The van der Waals surface area contributed by atoms with Crippen LogP contribution in [0.1, 0.15) is 11.3 Å². The summed E-state index contributed by atoms with van der Waals surface area (Å²) in [6, 6.07) is 1.97. The standard InChI is InChI=1S/C10H12N2/c1-3-5-9-7-8-11-12-10(9)6-4-2/h3-4,7-8H,1-2,5-6H2. The number of allylic oxidation sites excluding steroid dienone is 2. The smallest absolute Gasteiger partial charge is 0.0703 e. The first-order valence-corrected chi connectivity index (χ1v) is 3.89. The first-order chi connectivity index (χ1) is 5.88. The van der Waals surface area contributed by atoms with Crippen LogP contribution in [-0.4, -0.2) is 10.2 Å². The van der Waals surface area contributed by atoms with Gasteiger partial charge in [-0.15, -0.1) is 13.2 Å². The molecule has 0 spiro atoms. The molecule has 0 fully saturated rings. The van der Waals surface area contributed by atoms with E-state index >= 15 is 0 Å². The van der Waals surface area contributed by atoms with E-state index in [4.69, 9.17) is 0 Å². The summed E-state index contributed by atoms with van der Waals surface area (Å²) in [5.41, 5.74) is 2.17. The number of aromatic nitrogens is 2. The zero-order valence-corrected chi connectivity index (χ0v) is 7.03. The maximum atomic E-state index is 4.02. The molecule has 0 atom stereocenters. The van der Waals surface area contributed by atoms with Crippen molar-refractivity contribution in [1.29, 1.82) is 0 Å². The molecule has 0 aliphatic carbocycles. The van der Waals surface area contributed by atoms with Gasteiger partial charge in [0.1, 0.15) is 0 Å². The molecule has 0 radical (unpaired) electrons. The van der Waals surface area contributed by atoms with Gasteiger partial charge in [0.05, 0.1) is 5.69 Å². The van der Waals surface area contributed by atoms with Crippen molar-refractivity contribution in [2.24, 2.45) is 0 Å². The largest absolute Gasteiger partial charge is 0.159 e. The van der Waals surface area contributed by atoms with Crippen LogP contribution >= 0.6 is 0 Å². The van der Waals surface area contributed by atoms with Crippen molar-refractivity contribution in [2.45, 2.75) is 12.8 Å². The van der Waals surface area contributed by atoms with Crippen LogP contribution < -0.4 is 0 Å².